The van der Waals surface area contributed by atoms with Crippen LogP contribution in [0.5, 0.6) is 0 Å². The van der Waals surface area contributed by atoms with E-state index in [4.69, 9.17) is 18.2 Å². The minimum absolute atomic E-state index is 0.653. The van der Waals surface area contributed by atoms with Crippen molar-refractivity contribution in [2.75, 3.05) is 0 Å². The molecule has 0 aliphatic rings. The van der Waals surface area contributed by atoms with Gasteiger partial charge in [0.15, 0.2) is 5.69 Å². The maximum atomic E-state index is 6.86. The Kier molecular flexibility index (Phi) is 2.71. The summed E-state index contributed by atoms with van der Waals surface area (Å²) in [7, 11) is 0. The summed E-state index contributed by atoms with van der Waals surface area (Å²) in [6.07, 6.45) is 0. The van der Waals surface area contributed by atoms with Crippen molar-refractivity contribution in [2.45, 2.75) is 0 Å². The first kappa shape index (κ1) is 9.76. The Bertz CT molecular complexity index is 509. The van der Waals surface area contributed by atoms with Crippen LogP contribution in [0.15, 0.2) is 48.5 Å². The van der Waals surface area contributed by atoms with Crippen LogP contribution in [0.1, 0.15) is 0 Å². The number of halogens is 1. The quantitative estimate of drug-likeness (QED) is 0.612. The summed E-state index contributed by atoms with van der Waals surface area (Å²) in [5.74, 6) is 0. The lowest BCUT2D eigenvalue weighted by molar-refractivity contribution is 1.62. The van der Waals surface area contributed by atoms with Gasteiger partial charge in [-0.1, -0.05) is 48.0 Å². The van der Waals surface area contributed by atoms with Crippen LogP contribution < -0.4 is 0 Å². The second-order valence-corrected chi connectivity index (χ2v) is 3.61. The molecule has 15 heavy (non-hydrogen) atoms. The molecule has 2 aromatic rings. The summed E-state index contributed by atoms with van der Waals surface area (Å²) < 4.78 is 0. The zero-order valence-corrected chi connectivity index (χ0v) is 8.70. The van der Waals surface area contributed by atoms with E-state index >= 15 is 0 Å². The molecule has 0 fully saturated rings. The summed E-state index contributed by atoms with van der Waals surface area (Å²) in [6.45, 7) is 6.86. The van der Waals surface area contributed by atoms with Gasteiger partial charge in [-0.3, -0.25) is 0 Å². The van der Waals surface area contributed by atoms with E-state index in [2.05, 4.69) is 4.85 Å². The summed E-state index contributed by atoms with van der Waals surface area (Å²) in [5.41, 5.74) is 2.80. The van der Waals surface area contributed by atoms with Crippen LogP contribution in [0, 0.1) is 6.57 Å². The second kappa shape index (κ2) is 4.16. The molecule has 0 amide bonds. The van der Waals surface area contributed by atoms with Gasteiger partial charge in [-0.15, -0.1) is 0 Å². The number of rotatable bonds is 1. The molecule has 0 unspecified atom stereocenters. The lowest BCUT2D eigenvalue weighted by atomic mass is 10.1. The van der Waals surface area contributed by atoms with Gasteiger partial charge < -0.3 is 0 Å². The molecule has 1 nitrogen and oxygen atoms in total. The van der Waals surface area contributed by atoms with E-state index in [0.717, 1.165) is 16.1 Å². The molecular formula is C13H8ClN. The molecule has 2 heteroatoms. The highest BCUT2D eigenvalue weighted by Gasteiger charge is 1.98. The molecule has 2 aromatic carbocycles. The van der Waals surface area contributed by atoms with Crippen LogP contribution in [0.2, 0.25) is 5.02 Å². The van der Waals surface area contributed by atoms with E-state index < -0.39 is 0 Å². The fourth-order valence-corrected chi connectivity index (χ4v) is 1.59. The van der Waals surface area contributed by atoms with E-state index in [-0.39, 0.29) is 0 Å². The van der Waals surface area contributed by atoms with Crippen molar-refractivity contribution in [3.05, 3.63) is 65.0 Å². The summed E-state index contributed by atoms with van der Waals surface area (Å²) in [6, 6.07) is 15.1. The number of benzene rings is 2. The van der Waals surface area contributed by atoms with Crippen molar-refractivity contribution < 1.29 is 0 Å². The zero-order valence-electron chi connectivity index (χ0n) is 7.94. The lowest BCUT2D eigenvalue weighted by Gasteiger charge is -2.01. The van der Waals surface area contributed by atoms with E-state index in [1.165, 1.54) is 0 Å². The molecule has 0 saturated carbocycles. The highest BCUT2D eigenvalue weighted by atomic mass is 35.5. The van der Waals surface area contributed by atoms with Crippen molar-refractivity contribution in [3.63, 3.8) is 0 Å². The van der Waals surface area contributed by atoms with Gasteiger partial charge in [0.25, 0.3) is 0 Å². The summed E-state index contributed by atoms with van der Waals surface area (Å²) >= 11 is 5.90. The molecule has 0 spiro atoms. The van der Waals surface area contributed by atoms with E-state index in [1.807, 2.05) is 48.5 Å². The normalized spacial score (nSPS) is 9.60. The maximum Gasteiger partial charge on any atom is 0.187 e. The number of hydrogen-bond donors (Lipinski definition) is 0. The Hall–Kier alpha value is -1.78. The minimum Gasteiger partial charge on any atom is -0.238 e. The highest BCUT2D eigenvalue weighted by Crippen LogP contribution is 2.24. The van der Waals surface area contributed by atoms with E-state index in [1.54, 1.807) is 0 Å². The number of hydrogen-bond acceptors (Lipinski definition) is 0. The predicted octanol–water partition coefficient (Wildman–Crippen LogP) is 4.56. The van der Waals surface area contributed by atoms with Crippen molar-refractivity contribution >= 4 is 17.3 Å². The number of nitrogens with zero attached hydrogens (tertiary/aromatic N) is 1. The molecule has 0 bridgehead atoms. The van der Waals surface area contributed by atoms with Gasteiger partial charge in [-0.2, -0.15) is 0 Å². The second-order valence-electron chi connectivity index (χ2n) is 3.17. The first-order valence-electron chi connectivity index (χ1n) is 4.53. The predicted molar refractivity (Wildman–Crippen MR) is 63.2 cm³/mol. The molecule has 0 radical (unpaired) electrons. The van der Waals surface area contributed by atoms with Gasteiger partial charge in [-0.05, 0) is 23.3 Å². The third-order valence-electron chi connectivity index (χ3n) is 2.15. The fourth-order valence-electron chi connectivity index (χ4n) is 1.40. The van der Waals surface area contributed by atoms with Crippen molar-refractivity contribution in [2.24, 2.45) is 0 Å². The minimum atomic E-state index is 0.653. The van der Waals surface area contributed by atoms with Crippen molar-refractivity contribution in [1.82, 2.24) is 0 Å². The molecule has 2 rings (SSSR count). The average Bonchev–Trinajstić information content (AvgIpc) is 2.29. The molecule has 72 valence electrons. The maximum absolute atomic E-state index is 6.86. The molecule has 0 aliphatic carbocycles. The third-order valence-corrected chi connectivity index (χ3v) is 2.39. The Labute approximate surface area is 93.8 Å². The molecule has 0 atom stereocenters. The zero-order chi connectivity index (χ0) is 10.7. The highest BCUT2D eigenvalue weighted by molar-refractivity contribution is 6.30. The molecule has 0 aromatic heterocycles. The van der Waals surface area contributed by atoms with Crippen molar-refractivity contribution in [3.8, 4) is 11.1 Å². The van der Waals surface area contributed by atoms with Gasteiger partial charge in [0.1, 0.15) is 0 Å². The van der Waals surface area contributed by atoms with Crippen LogP contribution in [-0.4, -0.2) is 0 Å². The van der Waals surface area contributed by atoms with Crippen LogP contribution in [0.4, 0.5) is 5.69 Å². The topological polar surface area (TPSA) is 4.36 Å². The van der Waals surface area contributed by atoms with E-state index in [0.29, 0.717) is 5.69 Å². The van der Waals surface area contributed by atoms with Gasteiger partial charge in [0, 0.05) is 5.02 Å². The van der Waals surface area contributed by atoms with Gasteiger partial charge in [0.05, 0.1) is 6.57 Å². The summed E-state index contributed by atoms with van der Waals surface area (Å²) in [4.78, 5) is 3.35. The first-order valence-corrected chi connectivity index (χ1v) is 4.91. The van der Waals surface area contributed by atoms with Gasteiger partial charge in [-0.25, -0.2) is 4.85 Å². The van der Waals surface area contributed by atoms with E-state index in [9.17, 15) is 0 Å². The molecule has 0 heterocycles. The molecular weight excluding hydrogens is 206 g/mol. The van der Waals surface area contributed by atoms with Crippen LogP contribution in [-0.2, 0) is 0 Å². The third kappa shape index (κ3) is 2.18. The first-order chi connectivity index (χ1) is 7.29. The Morgan fingerprint density at radius 2 is 1.67 bits per heavy atom. The molecule has 0 aliphatic heterocycles. The van der Waals surface area contributed by atoms with Gasteiger partial charge >= 0.3 is 0 Å². The SMILES string of the molecule is [C-]#[N+]c1ccc(-c2cccc(Cl)c2)cc1. The smallest absolute Gasteiger partial charge is 0.187 e. The monoisotopic (exact) mass is 213 g/mol. The van der Waals surface area contributed by atoms with Crippen LogP contribution >= 0.6 is 11.6 Å². The Morgan fingerprint density at radius 1 is 0.933 bits per heavy atom. The largest absolute Gasteiger partial charge is 0.238 e. The molecule has 0 saturated heterocycles. The standard InChI is InChI=1S/C13H8ClN/c1-15-13-7-5-10(6-8-13)11-3-2-4-12(14)9-11/h2-9H. The average molecular weight is 214 g/mol. The Balaban J connectivity index is 2.42. The van der Waals surface area contributed by atoms with Crippen molar-refractivity contribution in [1.29, 1.82) is 0 Å². The van der Waals surface area contributed by atoms with Gasteiger partial charge in [0.2, 0.25) is 0 Å². The fraction of sp³-hybridized carbons (Fsp3) is 0. The lowest BCUT2D eigenvalue weighted by Crippen LogP contribution is -1.76. The molecule has 0 N–H and O–H groups in total. The summed E-state index contributed by atoms with van der Waals surface area (Å²) in [5, 5.41) is 0.724. The van der Waals surface area contributed by atoms with Crippen LogP contribution in [0.25, 0.3) is 16.0 Å². The van der Waals surface area contributed by atoms with Crippen LogP contribution in [0.3, 0.4) is 0 Å². The Morgan fingerprint density at radius 3 is 2.27 bits per heavy atom.